The van der Waals surface area contributed by atoms with Crippen molar-refractivity contribution in [2.24, 2.45) is 5.92 Å². The van der Waals surface area contributed by atoms with Gasteiger partial charge in [0.1, 0.15) is 0 Å². The van der Waals surface area contributed by atoms with Gasteiger partial charge in [-0.25, -0.2) is 8.78 Å². The van der Waals surface area contributed by atoms with Crippen LogP contribution in [-0.2, 0) is 6.54 Å². The largest absolute Gasteiger partial charge is 0.310 e. The van der Waals surface area contributed by atoms with Gasteiger partial charge in [-0.15, -0.1) is 0 Å². The molecule has 1 saturated carbocycles. The molecule has 1 heterocycles. The number of halogens is 2. The Morgan fingerprint density at radius 2 is 2.10 bits per heavy atom. The van der Waals surface area contributed by atoms with Gasteiger partial charge in [-0.3, -0.25) is 4.68 Å². The van der Waals surface area contributed by atoms with Crippen LogP contribution in [0.3, 0.4) is 0 Å². The number of nitrogens with one attached hydrogen (secondary N) is 1. The maximum Gasteiger partial charge on any atom is 0.248 e. The number of hydrogen-bond donors (Lipinski definition) is 1. The predicted octanol–water partition coefficient (Wildman–Crippen LogP) is 3.77. The molecule has 0 bridgehead atoms. The van der Waals surface area contributed by atoms with Crippen molar-refractivity contribution < 1.29 is 8.78 Å². The second kappa shape index (κ2) is 6.66. The third kappa shape index (κ3) is 3.78. The van der Waals surface area contributed by atoms with Crippen molar-refractivity contribution in [2.45, 2.75) is 64.5 Å². The molecule has 1 aromatic rings. The number of nitrogens with zero attached hydrogens (tertiary/aromatic N) is 2. The summed E-state index contributed by atoms with van der Waals surface area (Å²) >= 11 is 0. The van der Waals surface area contributed by atoms with Crippen LogP contribution in [0.4, 0.5) is 8.78 Å². The number of aryl methyl sites for hydroxylation is 1. The molecule has 114 valence electrons. The van der Waals surface area contributed by atoms with Gasteiger partial charge in [0.25, 0.3) is 0 Å². The Bertz CT molecular complexity index is 407. The number of alkyl halides is 2. The van der Waals surface area contributed by atoms with Crippen molar-refractivity contribution in [2.75, 3.05) is 6.54 Å². The van der Waals surface area contributed by atoms with E-state index < -0.39 is 5.92 Å². The first kappa shape index (κ1) is 15.4. The van der Waals surface area contributed by atoms with Gasteiger partial charge in [-0.1, -0.05) is 13.8 Å². The van der Waals surface area contributed by atoms with E-state index in [1.54, 1.807) is 0 Å². The monoisotopic (exact) mass is 285 g/mol. The minimum atomic E-state index is -2.46. The Hall–Kier alpha value is -0.970. The molecule has 1 aliphatic carbocycles. The van der Waals surface area contributed by atoms with E-state index in [9.17, 15) is 8.78 Å². The number of aromatic nitrogens is 2. The average Bonchev–Trinajstić information content (AvgIpc) is 2.85. The van der Waals surface area contributed by atoms with Crippen LogP contribution in [0.25, 0.3) is 0 Å². The summed E-state index contributed by atoms with van der Waals surface area (Å²) in [5, 5.41) is 7.81. The van der Waals surface area contributed by atoms with Crippen LogP contribution in [0.2, 0.25) is 0 Å². The molecule has 20 heavy (non-hydrogen) atoms. The zero-order valence-corrected chi connectivity index (χ0v) is 12.4. The zero-order valence-electron chi connectivity index (χ0n) is 12.4. The summed E-state index contributed by atoms with van der Waals surface area (Å²) in [6.45, 7) is 5.92. The topological polar surface area (TPSA) is 29.9 Å². The molecule has 1 aliphatic rings. The molecule has 5 heteroatoms. The van der Waals surface area contributed by atoms with E-state index >= 15 is 0 Å². The van der Waals surface area contributed by atoms with Crippen molar-refractivity contribution in [3.05, 3.63) is 18.0 Å². The van der Waals surface area contributed by atoms with E-state index in [-0.39, 0.29) is 24.8 Å². The third-order valence-corrected chi connectivity index (χ3v) is 4.12. The van der Waals surface area contributed by atoms with Crippen LogP contribution >= 0.6 is 0 Å². The molecule has 0 aliphatic heterocycles. The lowest BCUT2D eigenvalue weighted by molar-refractivity contribution is -0.0497. The molecule has 1 atom stereocenters. The third-order valence-electron chi connectivity index (χ3n) is 4.12. The molecule has 0 amide bonds. The standard InChI is InChI=1S/C15H25F2N3/c1-3-9-20-11-13(10-19-20)14(18-4-2)12-5-7-15(16,17)8-6-12/h10-12,14,18H,3-9H2,1-2H3. The molecule has 0 saturated heterocycles. The summed E-state index contributed by atoms with van der Waals surface area (Å²) in [5.41, 5.74) is 1.13. The highest BCUT2D eigenvalue weighted by Gasteiger charge is 2.38. The normalized spacial score (nSPS) is 21.0. The van der Waals surface area contributed by atoms with E-state index in [2.05, 4.69) is 30.5 Å². The minimum absolute atomic E-state index is 0.0165. The zero-order chi connectivity index (χ0) is 14.6. The lowest BCUT2D eigenvalue weighted by Gasteiger charge is -2.33. The molecule has 2 rings (SSSR count). The lowest BCUT2D eigenvalue weighted by atomic mass is 9.80. The van der Waals surface area contributed by atoms with Crippen molar-refractivity contribution >= 4 is 0 Å². The molecule has 1 fully saturated rings. The van der Waals surface area contributed by atoms with Gasteiger partial charge >= 0.3 is 0 Å². The Balaban J connectivity index is 2.06. The Kier molecular flexibility index (Phi) is 5.13. The summed E-state index contributed by atoms with van der Waals surface area (Å²) in [7, 11) is 0. The summed E-state index contributed by atoms with van der Waals surface area (Å²) in [6.07, 6.45) is 6.19. The minimum Gasteiger partial charge on any atom is -0.310 e. The fraction of sp³-hybridized carbons (Fsp3) is 0.800. The molecule has 1 unspecified atom stereocenters. The van der Waals surface area contributed by atoms with Crippen LogP contribution in [0.15, 0.2) is 12.4 Å². The fourth-order valence-corrected chi connectivity index (χ4v) is 3.06. The first-order valence-electron chi connectivity index (χ1n) is 7.69. The first-order valence-corrected chi connectivity index (χ1v) is 7.69. The summed E-state index contributed by atoms with van der Waals surface area (Å²) in [5.74, 6) is -2.17. The Labute approximate surface area is 119 Å². The van der Waals surface area contributed by atoms with E-state index in [0.29, 0.717) is 12.8 Å². The van der Waals surface area contributed by atoms with Gasteiger partial charge in [0.2, 0.25) is 5.92 Å². The van der Waals surface area contributed by atoms with Crippen LogP contribution in [-0.4, -0.2) is 22.2 Å². The molecule has 0 radical (unpaired) electrons. The van der Waals surface area contributed by atoms with Crippen molar-refractivity contribution in [3.8, 4) is 0 Å². The van der Waals surface area contributed by atoms with E-state index in [1.807, 2.05) is 10.9 Å². The van der Waals surface area contributed by atoms with Gasteiger partial charge in [0.05, 0.1) is 6.20 Å². The first-order chi connectivity index (χ1) is 9.55. The van der Waals surface area contributed by atoms with Crippen LogP contribution < -0.4 is 5.32 Å². The molecular formula is C15H25F2N3. The highest BCUT2D eigenvalue weighted by Crippen LogP contribution is 2.41. The Morgan fingerprint density at radius 1 is 1.40 bits per heavy atom. The summed E-state index contributed by atoms with van der Waals surface area (Å²) in [6, 6.07) is 0.154. The Morgan fingerprint density at radius 3 is 2.70 bits per heavy atom. The maximum absolute atomic E-state index is 13.3. The predicted molar refractivity (Wildman–Crippen MR) is 75.8 cm³/mol. The van der Waals surface area contributed by atoms with Crippen molar-refractivity contribution in [1.29, 1.82) is 0 Å². The van der Waals surface area contributed by atoms with E-state index in [1.165, 1.54) is 0 Å². The second-order valence-corrected chi connectivity index (χ2v) is 5.77. The molecule has 1 aromatic heterocycles. The van der Waals surface area contributed by atoms with Crippen LogP contribution in [0.5, 0.6) is 0 Å². The average molecular weight is 285 g/mol. The van der Waals surface area contributed by atoms with Crippen LogP contribution in [0, 0.1) is 5.92 Å². The second-order valence-electron chi connectivity index (χ2n) is 5.77. The molecule has 0 spiro atoms. The lowest BCUT2D eigenvalue weighted by Crippen LogP contribution is -2.33. The summed E-state index contributed by atoms with van der Waals surface area (Å²) in [4.78, 5) is 0. The number of rotatable bonds is 6. The van der Waals surface area contributed by atoms with Crippen molar-refractivity contribution in [3.63, 3.8) is 0 Å². The van der Waals surface area contributed by atoms with Gasteiger partial charge in [-0.05, 0) is 31.7 Å². The highest BCUT2D eigenvalue weighted by atomic mass is 19.3. The number of hydrogen-bond acceptors (Lipinski definition) is 2. The molecule has 1 N–H and O–H groups in total. The van der Waals surface area contributed by atoms with Gasteiger partial charge in [-0.2, -0.15) is 5.10 Å². The molecule has 3 nitrogen and oxygen atoms in total. The van der Waals surface area contributed by atoms with Crippen molar-refractivity contribution in [1.82, 2.24) is 15.1 Å². The SMILES string of the molecule is CCCn1cc(C(NCC)C2CCC(F)(F)CC2)cn1. The molecule has 0 aromatic carbocycles. The maximum atomic E-state index is 13.3. The van der Waals surface area contributed by atoms with E-state index in [0.717, 1.165) is 25.1 Å². The van der Waals surface area contributed by atoms with Gasteiger partial charge in [0, 0.05) is 37.2 Å². The smallest absolute Gasteiger partial charge is 0.248 e. The van der Waals surface area contributed by atoms with Gasteiger partial charge in [0.15, 0.2) is 0 Å². The van der Waals surface area contributed by atoms with E-state index in [4.69, 9.17) is 0 Å². The highest BCUT2D eigenvalue weighted by molar-refractivity contribution is 5.12. The van der Waals surface area contributed by atoms with Crippen LogP contribution in [0.1, 0.15) is 57.6 Å². The molecular weight excluding hydrogens is 260 g/mol. The summed E-state index contributed by atoms with van der Waals surface area (Å²) < 4.78 is 28.5. The quantitative estimate of drug-likeness (QED) is 0.862. The fourth-order valence-electron chi connectivity index (χ4n) is 3.06. The van der Waals surface area contributed by atoms with Gasteiger partial charge < -0.3 is 5.32 Å².